The smallest absolute Gasteiger partial charge is 0.239 e. The molecule has 0 radical (unpaired) electrons. The van der Waals surface area contributed by atoms with Crippen molar-refractivity contribution in [3.8, 4) is 11.8 Å². The number of phenolic OH excluding ortho intramolecular Hbond substituents is 1. The van der Waals surface area contributed by atoms with E-state index in [0.717, 1.165) is 5.56 Å². The first-order valence-electron chi connectivity index (χ1n) is 7.13. The van der Waals surface area contributed by atoms with Gasteiger partial charge in [0.25, 0.3) is 0 Å². The normalized spacial score (nSPS) is 12.0. The van der Waals surface area contributed by atoms with E-state index in [9.17, 15) is 9.90 Å². The zero-order chi connectivity index (χ0) is 15.8. The Kier molecular flexibility index (Phi) is 6.70. The molecule has 0 heterocycles. The fourth-order valence-corrected chi connectivity index (χ4v) is 2.12. The van der Waals surface area contributed by atoms with Gasteiger partial charge in [-0.1, -0.05) is 26.0 Å². The molecule has 114 valence electrons. The van der Waals surface area contributed by atoms with Crippen LogP contribution in [0.4, 0.5) is 0 Å². The lowest BCUT2D eigenvalue weighted by Crippen LogP contribution is -2.46. The van der Waals surface area contributed by atoms with E-state index in [1.807, 2.05) is 13.8 Å². The Morgan fingerprint density at radius 1 is 1.38 bits per heavy atom. The van der Waals surface area contributed by atoms with Crippen LogP contribution >= 0.6 is 0 Å². The molecule has 0 unspecified atom stereocenters. The van der Waals surface area contributed by atoms with E-state index in [2.05, 4.69) is 6.07 Å². The van der Waals surface area contributed by atoms with Crippen LogP contribution < -0.4 is 5.73 Å². The summed E-state index contributed by atoms with van der Waals surface area (Å²) < 4.78 is 0. The summed E-state index contributed by atoms with van der Waals surface area (Å²) in [7, 11) is 0. The summed E-state index contributed by atoms with van der Waals surface area (Å²) in [5.74, 6) is 0.384. The van der Waals surface area contributed by atoms with Crippen molar-refractivity contribution in [3.05, 3.63) is 29.8 Å². The molecule has 5 nitrogen and oxygen atoms in total. The summed E-state index contributed by atoms with van der Waals surface area (Å²) in [6.07, 6.45) is 0.727. The number of nitriles is 1. The van der Waals surface area contributed by atoms with Gasteiger partial charge >= 0.3 is 0 Å². The third-order valence-electron chi connectivity index (χ3n) is 3.10. The summed E-state index contributed by atoms with van der Waals surface area (Å²) >= 11 is 0. The molecule has 3 N–H and O–H groups in total. The largest absolute Gasteiger partial charge is 0.508 e. The Bertz CT molecular complexity index is 491. The van der Waals surface area contributed by atoms with Crippen LogP contribution in [0.25, 0.3) is 0 Å². The Balaban J connectivity index is 2.68. The number of hydrogen-bond acceptors (Lipinski definition) is 4. The third kappa shape index (κ3) is 5.84. The summed E-state index contributed by atoms with van der Waals surface area (Å²) in [5, 5.41) is 17.9. The van der Waals surface area contributed by atoms with Crippen molar-refractivity contribution in [2.45, 2.75) is 32.7 Å². The number of carbonyl (C=O) groups excluding carboxylic acids is 1. The molecule has 5 heteroatoms. The van der Waals surface area contributed by atoms with Crippen LogP contribution in [0.2, 0.25) is 0 Å². The first kappa shape index (κ1) is 17.0. The van der Waals surface area contributed by atoms with E-state index < -0.39 is 6.04 Å². The maximum atomic E-state index is 12.4. The van der Waals surface area contributed by atoms with Crippen LogP contribution in [-0.2, 0) is 11.2 Å². The topological polar surface area (TPSA) is 90.4 Å². The van der Waals surface area contributed by atoms with E-state index >= 15 is 0 Å². The van der Waals surface area contributed by atoms with Crippen molar-refractivity contribution < 1.29 is 9.90 Å². The molecule has 0 spiro atoms. The second-order valence-corrected chi connectivity index (χ2v) is 5.56. The van der Waals surface area contributed by atoms with Gasteiger partial charge in [-0.05, 0) is 30.0 Å². The van der Waals surface area contributed by atoms with Gasteiger partial charge in [-0.25, -0.2) is 0 Å². The lowest BCUT2D eigenvalue weighted by molar-refractivity contribution is -0.133. The Labute approximate surface area is 126 Å². The number of amides is 1. The van der Waals surface area contributed by atoms with Gasteiger partial charge in [0.2, 0.25) is 5.91 Å². The van der Waals surface area contributed by atoms with Gasteiger partial charge in [-0.15, -0.1) is 0 Å². The van der Waals surface area contributed by atoms with Crippen molar-refractivity contribution in [2.75, 3.05) is 13.1 Å². The number of carbonyl (C=O) groups is 1. The molecule has 1 aromatic rings. The number of nitrogens with two attached hydrogens (primary N) is 1. The van der Waals surface area contributed by atoms with Crippen LogP contribution in [0.3, 0.4) is 0 Å². The summed E-state index contributed by atoms with van der Waals surface area (Å²) in [6, 6.07) is 8.09. The maximum Gasteiger partial charge on any atom is 0.239 e. The van der Waals surface area contributed by atoms with E-state index in [-0.39, 0.29) is 11.7 Å². The molecule has 0 saturated carbocycles. The molecular formula is C16H23N3O2. The van der Waals surface area contributed by atoms with Crippen LogP contribution in [0.15, 0.2) is 24.3 Å². The number of aromatic hydroxyl groups is 1. The van der Waals surface area contributed by atoms with Crippen molar-refractivity contribution in [1.29, 1.82) is 5.26 Å². The van der Waals surface area contributed by atoms with Gasteiger partial charge in [0, 0.05) is 13.1 Å². The second-order valence-electron chi connectivity index (χ2n) is 5.56. The Hall–Kier alpha value is -2.06. The molecule has 0 aliphatic heterocycles. The predicted molar refractivity (Wildman–Crippen MR) is 81.4 cm³/mol. The van der Waals surface area contributed by atoms with Gasteiger partial charge in [0.1, 0.15) is 5.75 Å². The minimum Gasteiger partial charge on any atom is -0.508 e. The number of phenols is 1. The van der Waals surface area contributed by atoms with Gasteiger partial charge < -0.3 is 15.7 Å². The number of benzene rings is 1. The molecule has 1 atom stereocenters. The molecule has 1 amide bonds. The quantitative estimate of drug-likeness (QED) is 0.798. The van der Waals surface area contributed by atoms with Crippen molar-refractivity contribution in [2.24, 2.45) is 11.7 Å². The number of hydrogen-bond donors (Lipinski definition) is 2. The highest BCUT2D eigenvalue weighted by atomic mass is 16.3. The average molecular weight is 289 g/mol. The molecule has 0 fully saturated rings. The maximum absolute atomic E-state index is 12.4. The van der Waals surface area contributed by atoms with Gasteiger partial charge in [0.15, 0.2) is 0 Å². The minimum atomic E-state index is -0.632. The molecular weight excluding hydrogens is 266 g/mol. The first-order chi connectivity index (χ1) is 9.93. The fraction of sp³-hybridized carbons (Fsp3) is 0.500. The Morgan fingerprint density at radius 3 is 2.52 bits per heavy atom. The van der Waals surface area contributed by atoms with Crippen LogP contribution in [0.5, 0.6) is 5.75 Å². The summed E-state index contributed by atoms with van der Waals surface area (Å²) in [4.78, 5) is 14.1. The van der Waals surface area contributed by atoms with Gasteiger partial charge in [-0.3, -0.25) is 4.79 Å². The fourth-order valence-electron chi connectivity index (χ4n) is 2.12. The third-order valence-corrected chi connectivity index (χ3v) is 3.10. The molecule has 21 heavy (non-hydrogen) atoms. The zero-order valence-electron chi connectivity index (χ0n) is 12.6. The Morgan fingerprint density at radius 2 is 2.00 bits per heavy atom. The highest BCUT2D eigenvalue weighted by Crippen LogP contribution is 2.12. The van der Waals surface area contributed by atoms with Crippen LogP contribution in [0, 0.1) is 17.2 Å². The SMILES string of the molecule is CC(C)CN(CCC#N)C(=O)[C@@H](N)Cc1ccc(O)cc1. The molecule has 0 aliphatic rings. The standard InChI is InChI=1S/C16H23N3O2/c1-12(2)11-19(9-3-8-17)16(21)15(18)10-13-4-6-14(20)7-5-13/h4-7,12,15,20H,3,9-11,18H2,1-2H3/t15-/m0/s1. The highest BCUT2D eigenvalue weighted by Gasteiger charge is 2.21. The van der Waals surface area contributed by atoms with Crippen molar-refractivity contribution in [1.82, 2.24) is 4.90 Å². The minimum absolute atomic E-state index is 0.132. The van der Waals surface area contributed by atoms with Gasteiger partial charge in [-0.2, -0.15) is 5.26 Å². The predicted octanol–water partition coefficient (Wildman–Crippen LogP) is 1.66. The average Bonchev–Trinajstić information content (AvgIpc) is 2.44. The van der Waals surface area contributed by atoms with Crippen molar-refractivity contribution >= 4 is 5.91 Å². The highest BCUT2D eigenvalue weighted by molar-refractivity contribution is 5.82. The van der Waals surface area contributed by atoms with E-state index in [4.69, 9.17) is 11.0 Å². The number of rotatable bonds is 7. The van der Waals surface area contributed by atoms with Crippen LogP contribution in [-0.4, -0.2) is 35.0 Å². The lowest BCUT2D eigenvalue weighted by Gasteiger charge is -2.26. The molecule has 0 saturated heterocycles. The summed E-state index contributed by atoms with van der Waals surface area (Å²) in [5.41, 5.74) is 6.90. The second kappa shape index (κ2) is 8.28. The monoisotopic (exact) mass is 289 g/mol. The lowest BCUT2D eigenvalue weighted by atomic mass is 10.0. The molecule has 1 aromatic carbocycles. The number of nitrogens with zero attached hydrogens (tertiary/aromatic N) is 2. The molecule has 0 aromatic heterocycles. The first-order valence-corrected chi connectivity index (χ1v) is 7.13. The zero-order valence-corrected chi connectivity index (χ0v) is 12.6. The molecule has 1 rings (SSSR count). The van der Waals surface area contributed by atoms with E-state index in [1.165, 1.54) is 0 Å². The molecule has 0 aliphatic carbocycles. The van der Waals surface area contributed by atoms with E-state index in [0.29, 0.717) is 31.8 Å². The van der Waals surface area contributed by atoms with E-state index in [1.54, 1.807) is 29.2 Å². The molecule has 0 bridgehead atoms. The van der Waals surface area contributed by atoms with Crippen LogP contribution in [0.1, 0.15) is 25.8 Å². The van der Waals surface area contributed by atoms with Gasteiger partial charge in [0.05, 0.1) is 18.5 Å². The van der Waals surface area contributed by atoms with Crippen molar-refractivity contribution in [3.63, 3.8) is 0 Å². The summed E-state index contributed by atoms with van der Waals surface area (Å²) in [6.45, 7) is 5.07.